The fourth-order valence-corrected chi connectivity index (χ4v) is 3.18. The van der Waals surface area contributed by atoms with Crippen LogP contribution >= 0.6 is 27.3 Å². The number of hydrogen-bond donors (Lipinski definition) is 0. The Hall–Kier alpha value is -1.14. The summed E-state index contributed by atoms with van der Waals surface area (Å²) >= 11 is 4.50. The first-order valence-corrected chi connectivity index (χ1v) is 6.93. The molecule has 1 aromatic carbocycles. The van der Waals surface area contributed by atoms with Crippen molar-refractivity contribution < 1.29 is 18.0 Å². The molecule has 0 atom stereocenters. The Morgan fingerprint density at radius 3 is 2.42 bits per heavy atom. The number of carbonyl (C=O) groups is 1. The first-order valence-electron chi connectivity index (χ1n) is 5.26. The number of thiophene rings is 1. The maximum atomic E-state index is 12.5. The Labute approximate surface area is 120 Å². The fraction of sp³-hybridized carbons (Fsp3) is 0.154. The van der Waals surface area contributed by atoms with E-state index in [1.807, 2.05) is 0 Å². The molecule has 0 aliphatic heterocycles. The molecule has 0 saturated heterocycles. The fourth-order valence-electron chi connectivity index (χ4n) is 1.67. The minimum atomic E-state index is -4.39. The summed E-state index contributed by atoms with van der Waals surface area (Å²) < 4.78 is 38.3. The normalized spacial score (nSPS) is 11.6. The molecule has 0 bridgehead atoms. The van der Waals surface area contributed by atoms with E-state index in [1.165, 1.54) is 24.3 Å². The zero-order chi connectivity index (χ0) is 14.2. The quantitative estimate of drug-likeness (QED) is 0.692. The van der Waals surface area contributed by atoms with E-state index in [-0.39, 0.29) is 11.3 Å². The van der Waals surface area contributed by atoms with Crippen molar-refractivity contribution >= 4 is 33.0 Å². The SMILES string of the molecule is Cc1cc(C(F)(F)F)ccc1C(=O)c1sccc1Br. The van der Waals surface area contributed by atoms with Crippen LogP contribution in [0.5, 0.6) is 0 Å². The van der Waals surface area contributed by atoms with E-state index >= 15 is 0 Å². The highest BCUT2D eigenvalue weighted by Gasteiger charge is 2.31. The third-order valence-electron chi connectivity index (χ3n) is 2.62. The zero-order valence-electron chi connectivity index (χ0n) is 9.72. The van der Waals surface area contributed by atoms with Gasteiger partial charge >= 0.3 is 6.18 Å². The van der Waals surface area contributed by atoms with Crippen molar-refractivity contribution in [1.82, 2.24) is 0 Å². The highest BCUT2D eigenvalue weighted by atomic mass is 79.9. The molecule has 1 nitrogen and oxygen atoms in total. The van der Waals surface area contributed by atoms with Crippen LogP contribution in [0.4, 0.5) is 13.2 Å². The van der Waals surface area contributed by atoms with Crippen molar-refractivity contribution in [3.8, 4) is 0 Å². The Morgan fingerprint density at radius 2 is 1.95 bits per heavy atom. The molecule has 1 aromatic heterocycles. The summed E-state index contributed by atoms with van der Waals surface area (Å²) in [5.74, 6) is -0.270. The summed E-state index contributed by atoms with van der Waals surface area (Å²) in [6.45, 7) is 1.50. The molecule has 1 heterocycles. The Kier molecular flexibility index (Phi) is 3.82. The maximum absolute atomic E-state index is 12.5. The van der Waals surface area contributed by atoms with Crippen LogP contribution in [0.15, 0.2) is 34.1 Å². The lowest BCUT2D eigenvalue weighted by atomic mass is 10.0. The second-order valence-electron chi connectivity index (χ2n) is 3.95. The number of carbonyl (C=O) groups excluding carboxylic acids is 1. The molecule has 2 rings (SSSR count). The summed E-state index contributed by atoms with van der Waals surface area (Å²) in [6, 6.07) is 4.89. The van der Waals surface area contributed by atoms with Gasteiger partial charge in [0.2, 0.25) is 5.78 Å². The van der Waals surface area contributed by atoms with Crippen molar-refractivity contribution in [1.29, 1.82) is 0 Å². The van der Waals surface area contributed by atoms with Crippen LogP contribution in [0.25, 0.3) is 0 Å². The first kappa shape index (κ1) is 14.3. The predicted molar refractivity (Wildman–Crippen MR) is 71.6 cm³/mol. The van der Waals surface area contributed by atoms with E-state index < -0.39 is 11.7 Å². The molecule has 0 N–H and O–H groups in total. The lowest BCUT2D eigenvalue weighted by Crippen LogP contribution is -2.08. The highest BCUT2D eigenvalue weighted by Crippen LogP contribution is 2.32. The van der Waals surface area contributed by atoms with Crippen LogP contribution < -0.4 is 0 Å². The van der Waals surface area contributed by atoms with Crippen molar-refractivity contribution in [3.63, 3.8) is 0 Å². The van der Waals surface area contributed by atoms with Crippen LogP contribution in [-0.2, 0) is 6.18 Å². The number of ketones is 1. The number of alkyl halides is 3. The molecule has 0 radical (unpaired) electrons. The van der Waals surface area contributed by atoms with E-state index in [9.17, 15) is 18.0 Å². The molecule has 0 fully saturated rings. The average molecular weight is 349 g/mol. The van der Waals surface area contributed by atoms with Crippen LogP contribution in [-0.4, -0.2) is 5.78 Å². The third-order valence-corrected chi connectivity index (χ3v) is 4.46. The summed E-state index contributed by atoms with van der Waals surface area (Å²) in [4.78, 5) is 12.7. The second kappa shape index (κ2) is 5.09. The first-order chi connectivity index (χ1) is 8.80. The van der Waals surface area contributed by atoms with Crippen molar-refractivity contribution in [2.24, 2.45) is 0 Å². The molecule has 2 aromatic rings. The smallest absolute Gasteiger partial charge is 0.288 e. The lowest BCUT2D eigenvalue weighted by Gasteiger charge is -2.10. The molecule has 100 valence electrons. The maximum Gasteiger partial charge on any atom is 0.416 e. The van der Waals surface area contributed by atoms with Gasteiger partial charge in [-0.1, -0.05) is 6.07 Å². The molecule has 0 saturated carbocycles. The van der Waals surface area contributed by atoms with Crippen molar-refractivity contribution in [3.05, 3.63) is 55.7 Å². The third kappa shape index (κ3) is 2.90. The van der Waals surface area contributed by atoms with Crippen LogP contribution in [0.2, 0.25) is 0 Å². The van der Waals surface area contributed by atoms with Gasteiger partial charge in [-0.15, -0.1) is 11.3 Å². The Morgan fingerprint density at radius 1 is 1.26 bits per heavy atom. The Balaban J connectivity index is 2.43. The number of hydrogen-bond acceptors (Lipinski definition) is 2. The number of aryl methyl sites for hydroxylation is 1. The number of benzene rings is 1. The summed E-state index contributed by atoms with van der Waals surface area (Å²) in [6.07, 6.45) is -4.39. The van der Waals surface area contributed by atoms with Crippen molar-refractivity contribution in [2.45, 2.75) is 13.1 Å². The number of halogens is 4. The monoisotopic (exact) mass is 348 g/mol. The topological polar surface area (TPSA) is 17.1 Å². The number of rotatable bonds is 2. The molecule has 0 spiro atoms. The summed E-state index contributed by atoms with van der Waals surface area (Å²) in [7, 11) is 0. The molecule has 19 heavy (non-hydrogen) atoms. The van der Waals surface area contributed by atoms with E-state index in [1.54, 1.807) is 11.4 Å². The van der Waals surface area contributed by atoms with Gasteiger partial charge in [0.25, 0.3) is 0 Å². The molecule has 0 amide bonds. The minimum Gasteiger partial charge on any atom is -0.288 e. The van der Waals surface area contributed by atoms with E-state index in [0.29, 0.717) is 14.9 Å². The van der Waals surface area contributed by atoms with Gasteiger partial charge in [0.1, 0.15) is 0 Å². The van der Waals surface area contributed by atoms with E-state index in [2.05, 4.69) is 15.9 Å². The molecular formula is C13H8BrF3OS. The molecule has 0 unspecified atom stereocenters. The minimum absolute atomic E-state index is 0.270. The largest absolute Gasteiger partial charge is 0.416 e. The summed E-state index contributed by atoms with van der Waals surface area (Å²) in [5, 5.41) is 1.75. The van der Waals surface area contributed by atoms with Gasteiger partial charge in [0, 0.05) is 10.0 Å². The van der Waals surface area contributed by atoms with E-state index in [4.69, 9.17) is 0 Å². The van der Waals surface area contributed by atoms with Crippen LogP contribution in [0.1, 0.15) is 26.4 Å². The lowest BCUT2D eigenvalue weighted by molar-refractivity contribution is -0.137. The van der Waals surface area contributed by atoms with Gasteiger partial charge in [-0.05, 0) is 52.0 Å². The highest BCUT2D eigenvalue weighted by molar-refractivity contribution is 9.10. The van der Waals surface area contributed by atoms with Gasteiger partial charge < -0.3 is 0 Å². The predicted octanol–water partition coefficient (Wildman–Crippen LogP) is 5.07. The molecular weight excluding hydrogens is 341 g/mol. The standard InChI is InChI=1S/C13H8BrF3OS/c1-7-6-8(13(15,16)17)2-3-9(7)11(18)12-10(14)4-5-19-12/h2-6H,1H3. The van der Waals surface area contributed by atoms with Gasteiger partial charge in [-0.3, -0.25) is 4.79 Å². The molecule has 6 heteroatoms. The second-order valence-corrected chi connectivity index (χ2v) is 5.72. The average Bonchev–Trinajstić information content (AvgIpc) is 2.73. The van der Waals surface area contributed by atoms with Gasteiger partial charge in [0.15, 0.2) is 0 Å². The van der Waals surface area contributed by atoms with Gasteiger partial charge in [-0.2, -0.15) is 13.2 Å². The van der Waals surface area contributed by atoms with Crippen LogP contribution in [0.3, 0.4) is 0 Å². The zero-order valence-corrected chi connectivity index (χ0v) is 12.1. The summed E-state index contributed by atoms with van der Waals surface area (Å²) in [5.41, 5.74) is -0.136. The van der Waals surface area contributed by atoms with E-state index in [0.717, 1.165) is 12.1 Å². The molecule has 0 aliphatic carbocycles. The van der Waals surface area contributed by atoms with Crippen LogP contribution in [0, 0.1) is 6.92 Å². The van der Waals surface area contributed by atoms with Gasteiger partial charge in [-0.25, -0.2) is 0 Å². The van der Waals surface area contributed by atoms with Crippen molar-refractivity contribution in [2.75, 3.05) is 0 Å². The van der Waals surface area contributed by atoms with Gasteiger partial charge in [0.05, 0.1) is 10.4 Å². The Bertz CT molecular complexity index is 631. The molecule has 0 aliphatic rings.